The van der Waals surface area contributed by atoms with Gasteiger partial charge in [-0.15, -0.1) is 11.3 Å². The van der Waals surface area contributed by atoms with Crippen molar-refractivity contribution in [1.29, 1.82) is 0 Å². The zero-order chi connectivity index (χ0) is 33.6. The standard InChI is InChI=1S/C47H40N2S/c1-3-5-17-32(4-2)34-23-15-29-43-46(34)47-44(30-31-50-47)49(43)40-26-13-10-21-37(40)36-20-9-12-25-39(36)48-41-27-14-11-22-38(41)45-35(24-16-28-42(45)48)33-18-7-6-8-19-33/h3-7,9-13,15-18,20-26,28-31,38,41H,2,8,14,19,27H2,1H3/b5-3-,32-17+. The molecule has 50 heavy (non-hydrogen) atoms. The second-order valence-electron chi connectivity index (χ2n) is 13.4. The van der Waals surface area contributed by atoms with Crippen molar-refractivity contribution in [1.82, 2.24) is 4.57 Å². The lowest BCUT2D eigenvalue weighted by molar-refractivity contribution is 0.565. The molecule has 2 aromatic heterocycles. The molecule has 0 bridgehead atoms. The molecule has 0 saturated carbocycles. The Labute approximate surface area is 299 Å². The van der Waals surface area contributed by atoms with Crippen LogP contribution in [-0.2, 0) is 0 Å². The van der Waals surface area contributed by atoms with Gasteiger partial charge in [-0.1, -0.05) is 122 Å². The minimum Gasteiger partial charge on any atom is -0.337 e. The minimum absolute atomic E-state index is 0.372. The van der Waals surface area contributed by atoms with Gasteiger partial charge < -0.3 is 9.47 Å². The molecule has 4 aromatic carbocycles. The SMILES string of the molecule is C=C/C(=C\C=C/C)c1cccc2c1c1sccc1n2-c1ccccc1-c1ccccc1N1c2cccc(C3=CC=CCC3)c2C2C=CCCC21. The van der Waals surface area contributed by atoms with Crippen molar-refractivity contribution in [2.24, 2.45) is 0 Å². The number of para-hydroxylation sites is 2. The van der Waals surface area contributed by atoms with Gasteiger partial charge in [0.15, 0.2) is 0 Å². The van der Waals surface area contributed by atoms with Crippen molar-refractivity contribution in [2.75, 3.05) is 4.90 Å². The molecule has 2 aliphatic carbocycles. The fourth-order valence-corrected chi connectivity index (χ4v) is 9.59. The Morgan fingerprint density at radius 2 is 1.58 bits per heavy atom. The van der Waals surface area contributed by atoms with Crippen molar-refractivity contribution in [3.63, 3.8) is 0 Å². The Morgan fingerprint density at radius 1 is 0.800 bits per heavy atom. The Balaban J connectivity index is 1.25. The quantitative estimate of drug-likeness (QED) is 0.122. The number of thiophene rings is 1. The molecule has 2 nitrogen and oxygen atoms in total. The first kappa shape index (κ1) is 30.7. The van der Waals surface area contributed by atoms with Crippen LogP contribution in [0.15, 0.2) is 158 Å². The summed E-state index contributed by atoms with van der Waals surface area (Å²) in [6.07, 6.45) is 24.5. The average Bonchev–Trinajstić information content (AvgIpc) is 3.87. The van der Waals surface area contributed by atoms with Crippen LogP contribution >= 0.6 is 11.3 Å². The highest BCUT2D eigenvalue weighted by molar-refractivity contribution is 7.18. The van der Waals surface area contributed by atoms with Crippen LogP contribution in [0, 0.1) is 0 Å². The zero-order valence-corrected chi connectivity index (χ0v) is 29.2. The predicted molar refractivity (Wildman–Crippen MR) is 217 cm³/mol. The van der Waals surface area contributed by atoms with E-state index in [9.17, 15) is 0 Å². The van der Waals surface area contributed by atoms with Gasteiger partial charge in [0.2, 0.25) is 0 Å². The summed E-state index contributed by atoms with van der Waals surface area (Å²) in [6, 6.07) is 34.4. The lowest BCUT2D eigenvalue weighted by Crippen LogP contribution is -2.31. The summed E-state index contributed by atoms with van der Waals surface area (Å²) in [6.45, 7) is 6.24. The number of hydrogen-bond acceptors (Lipinski definition) is 2. The van der Waals surface area contributed by atoms with Crippen LogP contribution in [0.3, 0.4) is 0 Å². The molecule has 9 rings (SSSR count). The summed E-state index contributed by atoms with van der Waals surface area (Å²) >= 11 is 1.82. The third kappa shape index (κ3) is 4.83. The molecule has 1 aliphatic heterocycles. The topological polar surface area (TPSA) is 8.17 Å². The van der Waals surface area contributed by atoms with E-state index in [4.69, 9.17) is 0 Å². The van der Waals surface area contributed by atoms with Gasteiger partial charge >= 0.3 is 0 Å². The molecular formula is C47H40N2S. The maximum Gasteiger partial charge on any atom is 0.0649 e. The largest absolute Gasteiger partial charge is 0.337 e. The van der Waals surface area contributed by atoms with Gasteiger partial charge in [-0.05, 0) is 96.2 Å². The maximum absolute atomic E-state index is 4.19. The summed E-state index contributed by atoms with van der Waals surface area (Å²) in [4.78, 5) is 2.69. The molecule has 2 atom stereocenters. The molecule has 0 saturated heterocycles. The third-order valence-electron chi connectivity index (χ3n) is 10.7. The Kier molecular flexibility index (Phi) is 7.86. The van der Waals surface area contributed by atoms with Gasteiger partial charge in [-0.25, -0.2) is 0 Å². The first-order valence-electron chi connectivity index (χ1n) is 17.9. The lowest BCUT2D eigenvalue weighted by atomic mass is 9.82. The van der Waals surface area contributed by atoms with Crippen molar-refractivity contribution in [3.8, 4) is 16.8 Å². The van der Waals surface area contributed by atoms with E-state index < -0.39 is 0 Å². The molecular weight excluding hydrogens is 625 g/mol. The van der Waals surface area contributed by atoms with Gasteiger partial charge in [0.25, 0.3) is 0 Å². The molecule has 3 heteroatoms. The molecule has 3 heterocycles. The summed E-state index contributed by atoms with van der Waals surface area (Å²) < 4.78 is 3.79. The molecule has 0 fully saturated rings. The average molecular weight is 665 g/mol. The monoisotopic (exact) mass is 664 g/mol. The normalized spacial score (nSPS) is 18.6. The first-order chi connectivity index (χ1) is 24.8. The first-order valence-corrected chi connectivity index (χ1v) is 18.8. The number of allylic oxidation sites excluding steroid dienone is 10. The second kappa shape index (κ2) is 12.8. The number of benzene rings is 4. The van der Waals surface area contributed by atoms with Gasteiger partial charge in [0.05, 0.1) is 21.4 Å². The number of hydrogen-bond donors (Lipinski definition) is 0. The van der Waals surface area contributed by atoms with Crippen molar-refractivity contribution in [2.45, 2.75) is 44.6 Å². The Hall–Kier alpha value is -5.38. The molecule has 2 unspecified atom stereocenters. The van der Waals surface area contributed by atoms with Gasteiger partial charge in [-0.2, -0.15) is 0 Å². The molecule has 3 aliphatic rings. The minimum atomic E-state index is 0.372. The third-order valence-corrected chi connectivity index (χ3v) is 11.7. The highest BCUT2D eigenvalue weighted by Gasteiger charge is 2.41. The summed E-state index contributed by atoms with van der Waals surface area (Å²) in [5.41, 5.74) is 15.5. The van der Waals surface area contributed by atoms with E-state index in [-0.39, 0.29) is 0 Å². The van der Waals surface area contributed by atoms with Gasteiger partial charge in [0, 0.05) is 39.8 Å². The van der Waals surface area contributed by atoms with Gasteiger partial charge in [0.1, 0.15) is 0 Å². The van der Waals surface area contributed by atoms with Crippen LogP contribution in [0.25, 0.3) is 49.1 Å². The maximum atomic E-state index is 4.19. The van der Waals surface area contributed by atoms with E-state index in [0.29, 0.717) is 12.0 Å². The van der Waals surface area contributed by atoms with Crippen molar-refractivity contribution < 1.29 is 0 Å². The number of fused-ring (bicyclic) bond motifs is 6. The molecule has 0 N–H and O–H groups in total. The predicted octanol–water partition coefficient (Wildman–Crippen LogP) is 13.3. The van der Waals surface area contributed by atoms with Crippen molar-refractivity contribution in [3.05, 3.63) is 174 Å². The molecule has 0 amide bonds. The van der Waals surface area contributed by atoms with Crippen LogP contribution in [-0.4, -0.2) is 10.6 Å². The lowest BCUT2D eigenvalue weighted by Gasteiger charge is -2.33. The molecule has 0 radical (unpaired) electrons. The fourth-order valence-electron chi connectivity index (χ4n) is 8.64. The highest BCUT2D eigenvalue weighted by atomic mass is 32.1. The van der Waals surface area contributed by atoms with Crippen LogP contribution in [0.2, 0.25) is 0 Å². The number of aromatic nitrogens is 1. The Bertz CT molecular complexity index is 2440. The van der Waals surface area contributed by atoms with Crippen molar-refractivity contribution >= 4 is 55.0 Å². The summed E-state index contributed by atoms with van der Waals surface area (Å²) in [7, 11) is 0. The zero-order valence-electron chi connectivity index (χ0n) is 28.4. The van der Waals surface area contributed by atoms with Crippen LogP contribution < -0.4 is 4.90 Å². The van der Waals surface area contributed by atoms with Gasteiger partial charge in [-0.3, -0.25) is 0 Å². The number of anilines is 2. The number of nitrogens with zero attached hydrogens (tertiary/aromatic N) is 2. The molecule has 0 spiro atoms. The summed E-state index contributed by atoms with van der Waals surface area (Å²) in [5.74, 6) is 0.372. The fraction of sp³-hybridized carbons (Fsp3) is 0.149. The van der Waals surface area contributed by atoms with E-state index in [1.54, 1.807) is 0 Å². The molecule has 6 aromatic rings. The van der Waals surface area contributed by atoms with Crippen LogP contribution in [0.5, 0.6) is 0 Å². The number of rotatable bonds is 7. The van der Waals surface area contributed by atoms with E-state index in [1.165, 1.54) is 71.6 Å². The molecule has 244 valence electrons. The Morgan fingerprint density at radius 3 is 2.40 bits per heavy atom. The van der Waals surface area contributed by atoms with Crippen LogP contribution in [0.1, 0.15) is 55.2 Å². The highest BCUT2D eigenvalue weighted by Crippen LogP contribution is 2.54. The van der Waals surface area contributed by atoms with E-state index in [0.717, 1.165) is 31.3 Å². The van der Waals surface area contributed by atoms with E-state index in [2.05, 4.69) is 168 Å². The van der Waals surface area contributed by atoms with E-state index >= 15 is 0 Å². The van der Waals surface area contributed by atoms with Crippen LogP contribution in [0.4, 0.5) is 11.4 Å². The van der Waals surface area contributed by atoms with E-state index in [1.807, 2.05) is 17.4 Å². The smallest absolute Gasteiger partial charge is 0.0649 e. The second-order valence-corrected chi connectivity index (χ2v) is 14.3. The summed E-state index contributed by atoms with van der Waals surface area (Å²) in [5, 5.41) is 3.51.